The molecule has 0 spiro atoms. The molecule has 2 heterocycles. The fourth-order valence-corrected chi connectivity index (χ4v) is 2.59. The molecule has 21 heavy (non-hydrogen) atoms. The summed E-state index contributed by atoms with van der Waals surface area (Å²) in [7, 11) is 0. The summed E-state index contributed by atoms with van der Waals surface area (Å²) >= 11 is 11.9. The van der Waals surface area contributed by atoms with Gasteiger partial charge in [-0.05, 0) is 24.6 Å². The number of nitrogens with zero attached hydrogens (tertiary/aromatic N) is 3. The normalized spacial score (nSPS) is 18.0. The Balaban J connectivity index is 1.64. The van der Waals surface area contributed by atoms with Crippen molar-refractivity contribution in [3.05, 3.63) is 46.2 Å². The first-order valence-corrected chi connectivity index (χ1v) is 7.53. The van der Waals surface area contributed by atoms with E-state index in [2.05, 4.69) is 14.9 Å². The summed E-state index contributed by atoms with van der Waals surface area (Å²) in [5, 5.41) is 1.04. The van der Waals surface area contributed by atoms with E-state index in [1.807, 2.05) is 25.4 Å². The first-order valence-electron chi connectivity index (χ1n) is 6.77. The van der Waals surface area contributed by atoms with Crippen LogP contribution in [0.2, 0.25) is 10.0 Å². The minimum Gasteiger partial charge on any atom is -0.488 e. The van der Waals surface area contributed by atoms with Crippen LogP contribution in [-0.4, -0.2) is 29.2 Å². The van der Waals surface area contributed by atoms with Crippen LogP contribution in [-0.2, 0) is 0 Å². The van der Waals surface area contributed by atoms with Gasteiger partial charge in [0.2, 0.25) is 5.95 Å². The van der Waals surface area contributed by atoms with Crippen LogP contribution >= 0.6 is 23.2 Å². The van der Waals surface area contributed by atoms with Gasteiger partial charge in [-0.2, -0.15) is 0 Å². The zero-order valence-corrected chi connectivity index (χ0v) is 13.1. The molecule has 1 aromatic carbocycles. The van der Waals surface area contributed by atoms with Crippen molar-refractivity contribution >= 4 is 29.2 Å². The van der Waals surface area contributed by atoms with Gasteiger partial charge in [-0.3, -0.25) is 0 Å². The van der Waals surface area contributed by atoms with Gasteiger partial charge in [0.25, 0.3) is 0 Å². The van der Waals surface area contributed by atoms with Crippen molar-refractivity contribution in [2.75, 3.05) is 18.0 Å². The second-order valence-electron chi connectivity index (χ2n) is 5.11. The average Bonchev–Trinajstić information content (AvgIpc) is 2.92. The van der Waals surface area contributed by atoms with Crippen LogP contribution < -0.4 is 9.64 Å². The standard InChI is InChI=1S/C15H15Cl2N3O/c1-10-7-18-15(19-8-10)20-5-4-12(9-20)21-11-2-3-13(16)14(17)6-11/h2-3,6-8,12H,4-5,9H2,1H3. The molecule has 6 heteroatoms. The first kappa shape index (κ1) is 14.4. The SMILES string of the molecule is Cc1cnc(N2CCC(Oc3ccc(Cl)c(Cl)c3)C2)nc1. The Morgan fingerprint density at radius 1 is 1.19 bits per heavy atom. The minimum atomic E-state index is 0.104. The van der Waals surface area contributed by atoms with E-state index >= 15 is 0 Å². The number of aryl methyl sites for hydroxylation is 1. The van der Waals surface area contributed by atoms with Gasteiger partial charge >= 0.3 is 0 Å². The summed E-state index contributed by atoms with van der Waals surface area (Å²) in [6.07, 6.45) is 4.69. The minimum absolute atomic E-state index is 0.104. The second-order valence-corrected chi connectivity index (χ2v) is 5.93. The number of rotatable bonds is 3. The fourth-order valence-electron chi connectivity index (χ4n) is 2.30. The Labute approximate surface area is 133 Å². The maximum Gasteiger partial charge on any atom is 0.225 e. The van der Waals surface area contributed by atoms with E-state index in [4.69, 9.17) is 27.9 Å². The second kappa shape index (κ2) is 6.08. The highest BCUT2D eigenvalue weighted by atomic mass is 35.5. The van der Waals surface area contributed by atoms with Crippen LogP contribution in [0, 0.1) is 6.92 Å². The summed E-state index contributed by atoms with van der Waals surface area (Å²) in [6, 6.07) is 5.32. The van der Waals surface area contributed by atoms with Crippen molar-refractivity contribution in [3.63, 3.8) is 0 Å². The number of benzene rings is 1. The zero-order valence-electron chi connectivity index (χ0n) is 11.6. The van der Waals surface area contributed by atoms with E-state index < -0.39 is 0 Å². The molecule has 2 aromatic rings. The number of ether oxygens (including phenoxy) is 1. The molecular formula is C15H15Cl2N3O. The molecule has 1 unspecified atom stereocenters. The van der Waals surface area contributed by atoms with Crippen LogP contribution in [0.5, 0.6) is 5.75 Å². The molecule has 4 nitrogen and oxygen atoms in total. The van der Waals surface area contributed by atoms with Crippen molar-refractivity contribution in [1.82, 2.24) is 9.97 Å². The van der Waals surface area contributed by atoms with Gasteiger partial charge in [-0.1, -0.05) is 23.2 Å². The smallest absolute Gasteiger partial charge is 0.225 e. The van der Waals surface area contributed by atoms with Crippen LogP contribution in [0.25, 0.3) is 0 Å². The summed E-state index contributed by atoms with van der Waals surface area (Å²) in [5.41, 5.74) is 1.06. The molecule has 0 aliphatic carbocycles. The molecule has 1 aliphatic heterocycles. The number of hydrogen-bond donors (Lipinski definition) is 0. The van der Waals surface area contributed by atoms with Gasteiger partial charge in [0.1, 0.15) is 11.9 Å². The highest BCUT2D eigenvalue weighted by Crippen LogP contribution is 2.28. The molecule has 1 aromatic heterocycles. The van der Waals surface area contributed by atoms with Crippen molar-refractivity contribution in [3.8, 4) is 5.75 Å². The maximum atomic E-state index is 6.00. The number of aromatic nitrogens is 2. The third-order valence-electron chi connectivity index (χ3n) is 3.39. The molecule has 0 radical (unpaired) electrons. The predicted molar refractivity (Wildman–Crippen MR) is 84.5 cm³/mol. The molecule has 110 valence electrons. The Bertz CT molecular complexity index is 633. The third-order valence-corrected chi connectivity index (χ3v) is 4.13. The van der Waals surface area contributed by atoms with E-state index in [9.17, 15) is 0 Å². The van der Waals surface area contributed by atoms with Crippen LogP contribution in [0.3, 0.4) is 0 Å². The van der Waals surface area contributed by atoms with E-state index in [1.54, 1.807) is 12.1 Å². The topological polar surface area (TPSA) is 38.2 Å². The van der Waals surface area contributed by atoms with E-state index in [1.165, 1.54) is 0 Å². The lowest BCUT2D eigenvalue weighted by Crippen LogP contribution is -2.26. The van der Waals surface area contributed by atoms with Crippen molar-refractivity contribution in [1.29, 1.82) is 0 Å². The van der Waals surface area contributed by atoms with Crippen LogP contribution in [0.15, 0.2) is 30.6 Å². The summed E-state index contributed by atoms with van der Waals surface area (Å²) in [4.78, 5) is 10.8. The van der Waals surface area contributed by atoms with Gasteiger partial charge in [-0.15, -0.1) is 0 Å². The molecule has 3 rings (SSSR count). The Morgan fingerprint density at radius 3 is 2.67 bits per heavy atom. The molecular weight excluding hydrogens is 309 g/mol. The number of hydrogen-bond acceptors (Lipinski definition) is 4. The molecule has 1 aliphatic rings. The highest BCUT2D eigenvalue weighted by molar-refractivity contribution is 6.42. The van der Waals surface area contributed by atoms with Gasteiger partial charge in [0.15, 0.2) is 0 Å². The Morgan fingerprint density at radius 2 is 1.95 bits per heavy atom. The zero-order chi connectivity index (χ0) is 14.8. The first-order chi connectivity index (χ1) is 10.1. The fraction of sp³-hybridized carbons (Fsp3) is 0.333. The van der Waals surface area contributed by atoms with E-state index in [0.29, 0.717) is 10.0 Å². The molecule has 0 saturated carbocycles. The quantitative estimate of drug-likeness (QED) is 0.862. The lowest BCUT2D eigenvalue weighted by atomic mass is 10.3. The molecule has 0 bridgehead atoms. The summed E-state index contributed by atoms with van der Waals surface area (Å²) in [5.74, 6) is 1.49. The van der Waals surface area contributed by atoms with E-state index in [-0.39, 0.29) is 6.10 Å². The Kier molecular flexibility index (Phi) is 4.17. The van der Waals surface area contributed by atoms with Crippen LogP contribution in [0.1, 0.15) is 12.0 Å². The van der Waals surface area contributed by atoms with Crippen LogP contribution in [0.4, 0.5) is 5.95 Å². The lowest BCUT2D eigenvalue weighted by Gasteiger charge is -2.17. The number of anilines is 1. The third kappa shape index (κ3) is 3.39. The Hall–Kier alpha value is -1.52. The largest absolute Gasteiger partial charge is 0.488 e. The van der Waals surface area contributed by atoms with Gasteiger partial charge in [-0.25, -0.2) is 9.97 Å². The van der Waals surface area contributed by atoms with Gasteiger partial charge in [0.05, 0.1) is 16.6 Å². The highest BCUT2D eigenvalue weighted by Gasteiger charge is 2.25. The van der Waals surface area contributed by atoms with Gasteiger partial charge < -0.3 is 9.64 Å². The van der Waals surface area contributed by atoms with Gasteiger partial charge in [0, 0.05) is 31.4 Å². The average molecular weight is 324 g/mol. The maximum absolute atomic E-state index is 6.00. The summed E-state index contributed by atoms with van der Waals surface area (Å²) in [6.45, 7) is 3.63. The van der Waals surface area contributed by atoms with E-state index in [0.717, 1.165) is 36.8 Å². The molecule has 1 saturated heterocycles. The van der Waals surface area contributed by atoms with Crippen molar-refractivity contribution in [2.45, 2.75) is 19.4 Å². The number of halogens is 2. The lowest BCUT2D eigenvalue weighted by molar-refractivity contribution is 0.225. The van der Waals surface area contributed by atoms with Crippen molar-refractivity contribution in [2.24, 2.45) is 0 Å². The predicted octanol–water partition coefficient (Wildman–Crippen LogP) is 3.75. The monoisotopic (exact) mass is 323 g/mol. The summed E-state index contributed by atoms with van der Waals surface area (Å²) < 4.78 is 5.95. The van der Waals surface area contributed by atoms with Crippen molar-refractivity contribution < 1.29 is 4.74 Å². The molecule has 1 atom stereocenters. The molecule has 0 amide bonds. The molecule has 1 fully saturated rings. The molecule has 0 N–H and O–H groups in total.